The zero-order chi connectivity index (χ0) is 15.6. The van der Waals surface area contributed by atoms with Gasteiger partial charge in [0.2, 0.25) is 6.41 Å². The van der Waals surface area contributed by atoms with Crippen molar-refractivity contribution in [1.82, 2.24) is 5.32 Å². The highest BCUT2D eigenvalue weighted by molar-refractivity contribution is 5.65. The first-order valence-corrected chi connectivity index (χ1v) is 8.49. The number of carbonyl (C=O) groups is 2. The molecule has 1 N–H and O–H groups in total. The lowest BCUT2D eigenvalue weighted by Crippen LogP contribution is -2.52. The maximum absolute atomic E-state index is 10.8. The van der Waals surface area contributed by atoms with Crippen LogP contribution < -0.4 is 5.32 Å². The van der Waals surface area contributed by atoms with E-state index in [2.05, 4.69) is 10.1 Å². The van der Waals surface area contributed by atoms with E-state index < -0.39 is 0 Å². The lowest BCUT2D eigenvalue weighted by Gasteiger charge is -2.45. The van der Waals surface area contributed by atoms with Gasteiger partial charge in [-0.1, -0.05) is 38.5 Å². The Bertz CT molecular complexity index is 305. The van der Waals surface area contributed by atoms with Crippen LogP contribution in [0.15, 0.2) is 0 Å². The van der Waals surface area contributed by atoms with E-state index in [0.717, 1.165) is 12.3 Å². The first-order chi connectivity index (χ1) is 10.1. The number of carbonyl (C=O) groups excluding carboxylic acids is 2. The normalized spacial score (nSPS) is 21.6. The Hall–Kier alpha value is -1.06. The van der Waals surface area contributed by atoms with Crippen LogP contribution in [0.2, 0.25) is 0 Å². The second kappa shape index (κ2) is 9.80. The van der Waals surface area contributed by atoms with Crippen molar-refractivity contribution in [3.8, 4) is 0 Å². The fourth-order valence-corrected chi connectivity index (χ4v) is 3.83. The molecule has 0 heterocycles. The van der Waals surface area contributed by atoms with Gasteiger partial charge in [0.15, 0.2) is 0 Å². The van der Waals surface area contributed by atoms with Crippen LogP contribution in [0, 0.1) is 5.92 Å². The molecule has 0 aromatic rings. The van der Waals surface area contributed by atoms with Gasteiger partial charge in [-0.05, 0) is 38.5 Å². The van der Waals surface area contributed by atoms with E-state index in [1.54, 1.807) is 6.92 Å². The summed E-state index contributed by atoms with van der Waals surface area (Å²) in [6.45, 7) is 3.65. The highest BCUT2D eigenvalue weighted by atomic mass is 16.5. The van der Waals surface area contributed by atoms with Crippen LogP contribution in [-0.2, 0) is 14.3 Å². The summed E-state index contributed by atoms with van der Waals surface area (Å²) in [5.41, 5.74) is 0.181. The molecular weight excluding hydrogens is 266 g/mol. The number of amides is 1. The minimum atomic E-state index is -0.211. The molecule has 4 heteroatoms. The van der Waals surface area contributed by atoms with E-state index in [-0.39, 0.29) is 11.5 Å². The van der Waals surface area contributed by atoms with Gasteiger partial charge in [-0.3, -0.25) is 9.59 Å². The molecule has 0 saturated heterocycles. The zero-order valence-electron chi connectivity index (χ0n) is 13.7. The predicted octanol–water partition coefficient (Wildman–Crippen LogP) is 3.59. The van der Waals surface area contributed by atoms with Crippen LogP contribution >= 0.6 is 0 Å². The van der Waals surface area contributed by atoms with Crippen molar-refractivity contribution in [2.45, 2.75) is 83.6 Å². The molecule has 2 aliphatic rings. The van der Waals surface area contributed by atoms with Crippen LogP contribution in [-0.4, -0.2) is 24.5 Å². The third-order valence-corrected chi connectivity index (χ3v) is 4.83. The van der Waals surface area contributed by atoms with Crippen molar-refractivity contribution in [3.63, 3.8) is 0 Å². The zero-order valence-corrected chi connectivity index (χ0v) is 13.7. The van der Waals surface area contributed by atoms with E-state index in [1.807, 2.05) is 0 Å². The van der Waals surface area contributed by atoms with Crippen LogP contribution in [0.1, 0.15) is 78.1 Å². The SMILES string of the molecule is CCOC(C)=O.O=CNC1(C2CCCCC2)CCCCC1. The second-order valence-electron chi connectivity index (χ2n) is 6.24. The summed E-state index contributed by atoms with van der Waals surface area (Å²) in [5, 5.41) is 3.19. The lowest BCUT2D eigenvalue weighted by atomic mass is 9.67. The third-order valence-electron chi connectivity index (χ3n) is 4.83. The van der Waals surface area contributed by atoms with Gasteiger partial charge in [0, 0.05) is 12.5 Å². The van der Waals surface area contributed by atoms with Gasteiger partial charge in [0.05, 0.1) is 6.61 Å². The molecular formula is C17H31NO3. The van der Waals surface area contributed by atoms with Gasteiger partial charge in [-0.2, -0.15) is 0 Å². The third kappa shape index (κ3) is 6.06. The fraction of sp³-hybridized carbons (Fsp3) is 0.882. The second-order valence-corrected chi connectivity index (χ2v) is 6.24. The van der Waals surface area contributed by atoms with Crippen molar-refractivity contribution >= 4 is 12.4 Å². The number of rotatable bonds is 4. The number of esters is 1. The highest BCUT2D eigenvalue weighted by Crippen LogP contribution is 2.41. The van der Waals surface area contributed by atoms with Gasteiger partial charge in [-0.25, -0.2) is 0 Å². The smallest absolute Gasteiger partial charge is 0.302 e. The van der Waals surface area contributed by atoms with Crippen molar-refractivity contribution < 1.29 is 14.3 Å². The molecule has 0 atom stereocenters. The molecule has 2 fully saturated rings. The summed E-state index contributed by atoms with van der Waals surface area (Å²) < 4.78 is 4.40. The highest BCUT2D eigenvalue weighted by Gasteiger charge is 2.39. The van der Waals surface area contributed by atoms with Gasteiger partial charge in [0.1, 0.15) is 0 Å². The average molecular weight is 297 g/mol. The minimum absolute atomic E-state index is 0.181. The molecule has 0 bridgehead atoms. The molecule has 122 valence electrons. The van der Waals surface area contributed by atoms with Crippen molar-refractivity contribution in [1.29, 1.82) is 0 Å². The Morgan fingerprint density at radius 2 is 1.71 bits per heavy atom. The lowest BCUT2D eigenvalue weighted by molar-refractivity contribution is -0.140. The van der Waals surface area contributed by atoms with Gasteiger partial charge in [-0.15, -0.1) is 0 Å². The Balaban J connectivity index is 0.000000315. The molecule has 0 aromatic carbocycles. The van der Waals surface area contributed by atoms with Crippen molar-refractivity contribution in [2.24, 2.45) is 5.92 Å². The van der Waals surface area contributed by atoms with Gasteiger partial charge in [0.25, 0.3) is 0 Å². The topological polar surface area (TPSA) is 55.4 Å². The average Bonchev–Trinajstić information content (AvgIpc) is 2.50. The van der Waals surface area contributed by atoms with Crippen molar-refractivity contribution in [2.75, 3.05) is 6.61 Å². The maximum atomic E-state index is 10.8. The van der Waals surface area contributed by atoms with Crippen LogP contribution in [0.25, 0.3) is 0 Å². The Kier molecular flexibility index (Phi) is 8.40. The minimum Gasteiger partial charge on any atom is -0.466 e. The quantitative estimate of drug-likeness (QED) is 0.637. The molecule has 2 saturated carbocycles. The van der Waals surface area contributed by atoms with E-state index >= 15 is 0 Å². The number of ether oxygens (including phenoxy) is 1. The molecule has 0 aromatic heterocycles. The monoisotopic (exact) mass is 297 g/mol. The van der Waals surface area contributed by atoms with Gasteiger partial charge < -0.3 is 10.1 Å². The van der Waals surface area contributed by atoms with Crippen LogP contribution in [0.3, 0.4) is 0 Å². The fourth-order valence-electron chi connectivity index (χ4n) is 3.83. The van der Waals surface area contributed by atoms with E-state index in [9.17, 15) is 9.59 Å². The molecule has 0 spiro atoms. The molecule has 2 aliphatic carbocycles. The Morgan fingerprint density at radius 1 is 1.14 bits per heavy atom. The summed E-state index contributed by atoms with van der Waals surface area (Å²) in [6.07, 6.45) is 14.1. The number of hydrogen-bond acceptors (Lipinski definition) is 3. The summed E-state index contributed by atoms with van der Waals surface area (Å²) >= 11 is 0. The van der Waals surface area contributed by atoms with E-state index in [1.165, 1.54) is 71.1 Å². The Morgan fingerprint density at radius 3 is 2.14 bits per heavy atom. The Labute approximate surface area is 129 Å². The molecule has 4 nitrogen and oxygen atoms in total. The molecule has 21 heavy (non-hydrogen) atoms. The molecule has 1 amide bonds. The van der Waals surface area contributed by atoms with Crippen LogP contribution in [0.5, 0.6) is 0 Å². The number of nitrogens with one attached hydrogen (secondary N) is 1. The molecule has 2 rings (SSSR count). The molecule has 0 unspecified atom stereocenters. The van der Waals surface area contributed by atoms with E-state index in [0.29, 0.717) is 6.61 Å². The molecule has 0 radical (unpaired) electrons. The van der Waals surface area contributed by atoms with Gasteiger partial charge >= 0.3 is 5.97 Å². The predicted molar refractivity (Wildman–Crippen MR) is 83.9 cm³/mol. The molecule has 0 aliphatic heterocycles. The van der Waals surface area contributed by atoms with E-state index in [4.69, 9.17) is 0 Å². The summed E-state index contributed by atoms with van der Waals surface area (Å²) in [6, 6.07) is 0. The van der Waals surface area contributed by atoms with Crippen molar-refractivity contribution in [3.05, 3.63) is 0 Å². The largest absolute Gasteiger partial charge is 0.466 e. The maximum Gasteiger partial charge on any atom is 0.302 e. The summed E-state index contributed by atoms with van der Waals surface area (Å²) in [5.74, 6) is 0.550. The first kappa shape index (κ1) is 18.0. The first-order valence-electron chi connectivity index (χ1n) is 8.49. The number of hydrogen-bond donors (Lipinski definition) is 1. The summed E-state index contributed by atoms with van der Waals surface area (Å²) in [7, 11) is 0. The summed E-state index contributed by atoms with van der Waals surface area (Å²) in [4.78, 5) is 20.6. The van der Waals surface area contributed by atoms with Crippen LogP contribution in [0.4, 0.5) is 0 Å². The standard InChI is InChI=1S/C13H23NO.C4H8O2/c15-11-14-13(9-5-2-6-10-13)12-7-3-1-4-8-12;1-3-6-4(2)5/h11-12H,1-10H2,(H,14,15);3H2,1-2H3.